The second kappa shape index (κ2) is 4.32. The van der Waals surface area contributed by atoms with Crippen molar-refractivity contribution in [3.63, 3.8) is 0 Å². The third-order valence-corrected chi connectivity index (χ3v) is 1.56. The standard InChI is InChI=1S/C10H11NO3/c1-7(12)11-5-4-8-6-9(13)2-3-10(8)14/h2-6,13-14H,1H3,(H,11,12). The summed E-state index contributed by atoms with van der Waals surface area (Å²) in [6, 6.07) is 4.15. The van der Waals surface area contributed by atoms with Gasteiger partial charge in [0.25, 0.3) is 0 Å². The van der Waals surface area contributed by atoms with Gasteiger partial charge in [-0.1, -0.05) is 0 Å². The van der Waals surface area contributed by atoms with E-state index in [1.807, 2.05) is 0 Å². The van der Waals surface area contributed by atoms with Crippen molar-refractivity contribution >= 4 is 12.0 Å². The summed E-state index contributed by atoms with van der Waals surface area (Å²) in [4.78, 5) is 10.5. The molecule has 3 N–H and O–H groups in total. The molecule has 1 rings (SSSR count). The van der Waals surface area contributed by atoms with Crippen LogP contribution in [0.15, 0.2) is 24.4 Å². The van der Waals surface area contributed by atoms with Crippen molar-refractivity contribution in [2.24, 2.45) is 0 Å². The highest BCUT2D eigenvalue weighted by Crippen LogP contribution is 2.22. The van der Waals surface area contributed by atoms with Gasteiger partial charge in [-0.05, 0) is 24.3 Å². The SMILES string of the molecule is CC(=O)NC=Cc1cc(O)ccc1O. The molecule has 1 aromatic rings. The van der Waals surface area contributed by atoms with E-state index >= 15 is 0 Å². The van der Waals surface area contributed by atoms with Gasteiger partial charge in [-0.25, -0.2) is 0 Å². The molecule has 0 spiro atoms. The van der Waals surface area contributed by atoms with Crippen molar-refractivity contribution in [1.29, 1.82) is 0 Å². The second-order valence-electron chi connectivity index (χ2n) is 2.78. The summed E-state index contributed by atoms with van der Waals surface area (Å²) in [5.41, 5.74) is 0.443. The maximum Gasteiger partial charge on any atom is 0.220 e. The molecule has 0 radical (unpaired) electrons. The van der Waals surface area contributed by atoms with E-state index in [0.717, 1.165) is 0 Å². The van der Waals surface area contributed by atoms with Crippen LogP contribution >= 0.6 is 0 Å². The van der Waals surface area contributed by atoms with Gasteiger partial charge in [0.05, 0.1) is 0 Å². The summed E-state index contributed by atoms with van der Waals surface area (Å²) in [6.07, 6.45) is 2.90. The Kier molecular flexibility index (Phi) is 3.12. The molecule has 4 heteroatoms. The average molecular weight is 193 g/mol. The van der Waals surface area contributed by atoms with E-state index in [1.165, 1.54) is 37.4 Å². The van der Waals surface area contributed by atoms with E-state index in [2.05, 4.69) is 5.32 Å². The first kappa shape index (κ1) is 10.1. The number of nitrogens with one attached hydrogen (secondary N) is 1. The number of aromatic hydroxyl groups is 2. The van der Waals surface area contributed by atoms with Crippen LogP contribution in [-0.4, -0.2) is 16.1 Å². The molecule has 0 saturated carbocycles. The predicted octanol–water partition coefficient (Wildman–Crippen LogP) is 1.20. The first-order chi connectivity index (χ1) is 6.59. The van der Waals surface area contributed by atoms with E-state index in [-0.39, 0.29) is 17.4 Å². The summed E-state index contributed by atoms with van der Waals surface area (Å²) in [7, 11) is 0. The van der Waals surface area contributed by atoms with Crippen LogP contribution in [0.4, 0.5) is 0 Å². The van der Waals surface area contributed by atoms with E-state index in [4.69, 9.17) is 5.11 Å². The van der Waals surface area contributed by atoms with Crippen LogP contribution in [0, 0.1) is 0 Å². The number of amides is 1. The monoisotopic (exact) mass is 193 g/mol. The molecule has 0 aliphatic heterocycles. The summed E-state index contributed by atoms with van der Waals surface area (Å²) in [5, 5.41) is 20.9. The van der Waals surface area contributed by atoms with Crippen molar-refractivity contribution in [2.75, 3.05) is 0 Å². The molecular weight excluding hydrogens is 182 g/mol. The molecule has 0 bridgehead atoms. The van der Waals surface area contributed by atoms with Crippen molar-refractivity contribution in [3.05, 3.63) is 30.0 Å². The quantitative estimate of drug-likeness (QED) is 0.618. The Labute approximate surface area is 81.5 Å². The highest BCUT2D eigenvalue weighted by atomic mass is 16.3. The summed E-state index contributed by atoms with van der Waals surface area (Å²) in [5.74, 6) is -0.0874. The van der Waals surface area contributed by atoms with Gasteiger partial charge < -0.3 is 15.5 Å². The van der Waals surface area contributed by atoms with Crippen LogP contribution in [0.1, 0.15) is 12.5 Å². The first-order valence-corrected chi connectivity index (χ1v) is 4.05. The van der Waals surface area contributed by atoms with Gasteiger partial charge >= 0.3 is 0 Å². The van der Waals surface area contributed by atoms with Crippen molar-refractivity contribution in [3.8, 4) is 11.5 Å². The second-order valence-corrected chi connectivity index (χ2v) is 2.78. The Morgan fingerprint density at radius 3 is 2.79 bits per heavy atom. The fraction of sp³-hybridized carbons (Fsp3) is 0.100. The minimum absolute atomic E-state index is 0.0457. The van der Waals surface area contributed by atoms with Gasteiger partial charge in [0, 0.05) is 18.7 Å². The summed E-state index contributed by atoms with van der Waals surface area (Å²) >= 11 is 0. The molecule has 0 atom stereocenters. The fourth-order valence-electron chi connectivity index (χ4n) is 0.924. The van der Waals surface area contributed by atoms with Crippen LogP contribution < -0.4 is 5.32 Å². The number of phenolic OH excluding ortho intramolecular Hbond substituents is 2. The number of rotatable bonds is 2. The van der Waals surface area contributed by atoms with Gasteiger partial charge in [0.15, 0.2) is 0 Å². The molecule has 14 heavy (non-hydrogen) atoms. The van der Waals surface area contributed by atoms with E-state index in [9.17, 15) is 9.90 Å². The van der Waals surface area contributed by atoms with E-state index < -0.39 is 0 Å². The van der Waals surface area contributed by atoms with Crippen molar-refractivity contribution < 1.29 is 15.0 Å². The van der Waals surface area contributed by atoms with Crippen LogP contribution in [0.25, 0.3) is 6.08 Å². The Balaban J connectivity index is 2.80. The minimum Gasteiger partial charge on any atom is -0.508 e. The molecule has 0 aliphatic carbocycles. The molecule has 0 unspecified atom stereocenters. The summed E-state index contributed by atoms with van der Waals surface area (Å²) in [6.45, 7) is 1.38. The van der Waals surface area contributed by atoms with E-state index in [1.54, 1.807) is 0 Å². The zero-order valence-corrected chi connectivity index (χ0v) is 7.69. The lowest BCUT2D eigenvalue weighted by atomic mass is 10.2. The van der Waals surface area contributed by atoms with Crippen molar-refractivity contribution in [2.45, 2.75) is 6.92 Å². The Hall–Kier alpha value is -1.97. The number of hydrogen-bond acceptors (Lipinski definition) is 3. The van der Waals surface area contributed by atoms with Crippen LogP contribution in [-0.2, 0) is 4.79 Å². The molecule has 0 aliphatic rings. The number of phenols is 2. The molecular formula is C10H11NO3. The number of carbonyl (C=O) groups excluding carboxylic acids is 1. The summed E-state index contributed by atoms with van der Waals surface area (Å²) < 4.78 is 0. The molecule has 4 nitrogen and oxygen atoms in total. The zero-order valence-electron chi connectivity index (χ0n) is 7.69. The normalized spacial score (nSPS) is 10.4. The van der Waals surface area contributed by atoms with Gasteiger partial charge in [-0.2, -0.15) is 0 Å². The lowest BCUT2D eigenvalue weighted by Gasteiger charge is -1.99. The third-order valence-electron chi connectivity index (χ3n) is 1.56. The molecule has 0 aromatic heterocycles. The molecule has 0 fully saturated rings. The first-order valence-electron chi connectivity index (χ1n) is 4.05. The van der Waals surface area contributed by atoms with Gasteiger partial charge in [0.1, 0.15) is 11.5 Å². The molecule has 0 heterocycles. The zero-order chi connectivity index (χ0) is 10.6. The Morgan fingerprint density at radius 1 is 1.43 bits per heavy atom. The van der Waals surface area contributed by atoms with Crippen LogP contribution in [0.2, 0.25) is 0 Å². The largest absolute Gasteiger partial charge is 0.508 e. The van der Waals surface area contributed by atoms with Gasteiger partial charge in [0.2, 0.25) is 5.91 Å². The fourth-order valence-corrected chi connectivity index (χ4v) is 0.924. The highest BCUT2D eigenvalue weighted by molar-refractivity contribution is 5.75. The van der Waals surface area contributed by atoms with E-state index in [0.29, 0.717) is 5.56 Å². The van der Waals surface area contributed by atoms with Crippen molar-refractivity contribution in [1.82, 2.24) is 5.32 Å². The predicted molar refractivity (Wildman–Crippen MR) is 52.6 cm³/mol. The lowest BCUT2D eigenvalue weighted by Crippen LogP contribution is -2.10. The maximum atomic E-state index is 10.5. The molecule has 74 valence electrons. The van der Waals surface area contributed by atoms with Gasteiger partial charge in [-0.15, -0.1) is 0 Å². The van der Waals surface area contributed by atoms with Crippen LogP contribution in [0.3, 0.4) is 0 Å². The third kappa shape index (κ3) is 2.82. The Bertz CT molecular complexity index is 372. The highest BCUT2D eigenvalue weighted by Gasteiger charge is 1.97. The van der Waals surface area contributed by atoms with Gasteiger partial charge in [-0.3, -0.25) is 4.79 Å². The Morgan fingerprint density at radius 2 is 2.14 bits per heavy atom. The maximum absolute atomic E-state index is 10.5. The number of benzene rings is 1. The molecule has 1 amide bonds. The lowest BCUT2D eigenvalue weighted by molar-refractivity contribution is -0.118. The average Bonchev–Trinajstić information content (AvgIpc) is 2.10. The smallest absolute Gasteiger partial charge is 0.220 e. The van der Waals surface area contributed by atoms with Crippen LogP contribution in [0.5, 0.6) is 11.5 Å². The number of carbonyl (C=O) groups is 1. The minimum atomic E-state index is -0.194. The molecule has 1 aromatic carbocycles. The topological polar surface area (TPSA) is 69.6 Å². The number of hydrogen-bond donors (Lipinski definition) is 3. The molecule has 0 saturated heterocycles.